The van der Waals surface area contributed by atoms with Gasteiger partial charge in [-0.2, -0.15) is 0 Å². The second kappa shape index (κ2) is 7.94. The average Bonchev–Trinajstić information content (AvgIpc) is 3.04. The van der Waals surface area contributed by atoms with E-state index < -0.39 is 17.6 Å². The minimum atomic E-state index is -0.557. The number of carbonyl (C=O) groups is 2. The van der Waals surface area contributed by atoms with Gasteiger partial charge >= 0.3 is 0 Å². The summed E-state index contributed by atoms with van der Waals surface area (Å²) in [5.74, 6) is -1.63. The Kier molecular flexibility index (Phi) is 4.96. The standard InChI is InChI=1S/C26H16ClFN2O2/c27-18-13-11-17(12-14-18)23-24(29-22-10-3-6-16-5-1-2-9-21(16)22)26(32)30(25(23)31)20-8-4-7-19(28)15-20/h1-15,29H. The number of fused-ring (bicyclic) bond motifs is 1. The first-order valence-corrected chi connectivity index (χ1v) is 10.3. The molecule has 32 heavy (non-hydrogen) atoms. The lowest BCUT2D eigenvalue weighted by Crippen LogP contribution is -2.32. The molecule has 0 fully saturated rings. The van der Waals surface area contributed by atoms with Gasteiger partial charge in [-0.3, -0.25) is 9.59 Å². The van der Waals surface area contributed by atoms with Crippen molar-refractivity contribution in [3.8, 4) is 0 Å². The molecule has 0 aromatic heterocycles. The van der Waals surface area contributed by atoms with Crippen LogP contribution in [0.1, 0.15) is 5.56 Å². The van der Waals surface area contributed by atoms with E-state index in [1.807, 2.05) is 42.5 Å². The number of imide groups is 1. The Morgan fingerprint density at radius 2 is 1.50 bits per heavy atom. The second-order valence-corrected chi connectivity index (χ2v) is 7.77. The Hall–Kier alpha value is -3.96. The molecule has 0 saturated carbocycles. The molecule has 0 atom stereocenters. The lowest BCUT2D eigenvalue weighted by atomic mass is 10.0. The van der Waals surface area contributed by atoms with Crippen LogP contribution in [0.2, 0.25) is 5.02 Å². The van der Waals surface area contributed by atoms with Crippen molar-refractivity contribution in [1.29, 1.82) is 0 Å². The Labute approximate surface area is 188 Å². The predicted molar refractivity (Wildman–Crippen MR) is 125 cm³/mol. The molecule has 4 aromatic carbocycles. The topological polar surface area (TPSA) is 49.4 Å². The highest BCUT2D eigenvalue weighted by Gasteiger charge is 2.40. The molecule has 0 radical (unpaired) electrons. The van der Waals surface area contributed by atoms with Crippen LogP contribution in [-0.4, -0.2) is 11.8 Å². The Bertz CT molecular complexity index is 1410. The summed E-state index contributed by atoms with van der Waals surface area (Å²) in [6.07, 6.45) is 0. The number of nitrogens with one attached hydrogen (secondary N) is 1. The van der Waals surface area contributed by atoms with Gasteiger partial charge in [0.15, 0.2) is 0 Å². The number of amides is 2. The van der Waals surface area contributed by atoms with E-state index in [1.165, 1.54) is 18.2 Å². The van der Waals surface area contributed by atoms with Crippen LogP contribution in [0.3, 0.4) is 0 Å². The molecule has 0 aliphatic carbocycles. The third-order valence-electron chi connectivity index (χ3n) is 5.33. The lowest BCUT2D eigenvalue weighted by molar-refractivity contribution is -0.120. The quantitative estimate of drug-likeness (QED) is 0.393. The second-order valence-electron chi connectivity index (χ2n) is 7.33. The van der Waals surface area contributed by atoms with Crippen molar-refractivity contribution >= 4 is 51.1 Å². The van der Waals surface area contributed by atoms with Gasteiger partial charge in [0.25, 0.3) is 11.8 Å². The summed E-state index contributed by atoms with van der Waals surface area (Å²) in [5.41, 5.74) is 1.71. The van der Waals surface area contributed by atoms with Crippen molar-refractivity contribution in [2.24, 2.45) is 0 Å². The number of halogens is 2. The maximum absolute atomic E-state index is 13.9. The first-order chi connectivity index (χ1) is 15.5. The van der Waals surface area contributed by atoms with Crippen LogP contribution < -0.4 is 10.2 Å². The van der Waals surface area contributed by atoms with Crippen LogP contribution in [0.5, 0.6) is 0 Å². The van der Waals surface area contributed by atoms with Crippen molar-refractivity contribution in [3.63, 3.8) is 0 Å². The average molecular weight is 443 g/mol. The fraction of sp³-hybridized carbons (Fsp3) is 0. The number of benzene rings is 4. The zero-order valence-corrected chi connectivity index (χ0v) is 17.4. The molecule has 1 N–H and O–H groups in total. The van der Waals surface area contributed by atoms with E-state index in [0.29, 0.717) is 16.3 Å². The predicted octanol–water partition coefficient (Wildman–Crippen LogP) is 6.03. The van der Waals surface area contributed by atoms with Gasteiger partial charge in [-0.25, -0.2) is 9.29 Å². The van der Waals surface area contributed by atoms with Gasteiger partial charge in [-0.15, -0.1) is 0 Å². The van der Waals surface area contributed by atoms with E-state index in [-0.39, 0.29) is 17.0 Å². The molecule has 1 heterocycles. The summed E-state index contributed by atoms with van der Waals surface area (Å²) in [6.45, 7) is 0. The molecule has 1 aliphatic rings. The smallest absolute Gasteiger partial charge is 0.282 e. The van der Waals surface area contributed by atoms with E-state index >= 15 is 0 Å². The molecule has 4 aromatic rings. The molecule has 0 spiro atoms. The molecular formula is C26H16ClFN2O2. The largest absolute Gasteiger partial charge is 0.350 e. The normalized spacial score (nSPS) is 13.9. The SMILES string of the molecule is O=C1C(Nc2cccc3ccccc23)=C(c2ccc(Cl)cc2)C(=O)N1c1cccc(F)c1. The maximum Gasteiger partial charge on any atom is 0.282 e. The minimum Gasteiger partial charge on any atom is -0.350 e. The summed E-state index contributed by atoms with van der Waals surface area (Å²) < 4.78 is 13.9. The number of rotatable bonds is 4. The number of nitrogens with zero attached hydrogens (tertiary/aromatic N) is 1. The van der Waals surface area contributed by atoms with Crippen molar-refractivity contribution < 1.29 is 14.0 Å². The van der Waals surface area contributed by atoms with Crippen molar-refractivity contribution in [2.45, 2.75) is 0 Å². The fourth-order valence-electron chi connectivity index (χ4n) is 3.85. The Balaban J connectivity index is 1.66. The van der Waals surface area contributed by atoms with Crippen LogP contribution in [0.4, 0.5) is 15.8 Å². The number of hydrogen-bond acceptors (Lipinski definition) is 3. The van der Waals surface area contributed by atoms with Crippen LogP contribution in [-0.2, 0) is 9.59 Å². The van der Waals surface area contributed by atoms with Gasteiger partial charge in [0, 0.05) is 16.1 Å². The zero-order chi connectivity index (χ0) is 22.2. The molecule has 0 saturated heterocycles. The Morgan fingerprint density at radius 1 is 0.781 bits per heavy atom. The van der Waals surface area contributed by atoms with Gasteiger partial charge in [0.05, 0.1) is 11.3 Å². The summed E-state index contributed by atoms with van der Waals surface area (Å²) in [4.78, 5) is 27.9. The van der Waals surface area contributed by atoms with E-state index in [9.17, 15) is 14.0 Å². The van der Waals surface area contributed by atoms with Crippen LogP contribution >= 0.6 is 11.6 Å². The van der Waals surface area contributed by atoms with E-state index in [2.05, 4.69) is 5.32 Å². The molecule has 1 aliphatic heterocycles. The number of carbonyl (C=O) groups excluding carboxylic acids is 2. The number of hydrogen-bond donors (Lipinski definition) is 1. The number of anilines is 2. The van der Waals surface area contributed by atoms with E-state index in [0.717, 1.165) is 21.7 Å². The van der Waals surface area contributed by atoms with Crippen LogP contribution in [0, 0.1) is 5.82 Å². The fourth-order valence-corrected chi connectivity index (χ4v) is 3.97. The molecule has 0 unspecified atom stereocenters. The van der Waals surface area contributed by atoms with Crippen molar-refractivity contribution in [2.75, 3.05) is 10.2 Å². The van der Waals surface area contributed by atoms with E-state index in [4.69, 9.17) is 11.6 Å². The summed E-state index contributed by atoms with van der Waals surface area (Å²) in [7, 11) is 0. The molecule has 5 rings (SSSR count). The van der Waals surface area contributed by atoms with Crippen LogP contribution in [0.15, 0.2) is 96.7 Å². The van der Waals surface area contributed by atoms with Gasteiger partial charge < -0.3 is 5.32 Å². The van der Waals surface area contributed by atoms with E-state index in [1.54, 1.807) is 24.3 Å². The van der Waals surface area contributed by atoms with Crippen molar-refractivity contribution in [3.05, 3.63) is 113 Å². The monoisotopic (exact) mass is 442 g/mol. The lowest BCUT2D eigenvalue weighted by Gasteiger charge is -2.15. The third-order valence-corrected chi connectivity index (χ3v) is 5.58. The molecule has 0 bridgehead atoms. The van der Waals surface area contributed by atoms with Gasteiger partial charge in [-0.1, -0.05) is 66.2 Å². The third kappa shape index (κ3) is 3.43. The minimum absolute atomic E-state index is 0.123. The molecule has 4 nitrogen and oxygen atoms in total. The zero-order valence-electron chi connectivity index (χ0n) is 16.7. The summed E-state index contributed by atoms with van der Waals surface area (Å²) >= 11 is 6.02. The first kappa shape index (κ1) is 20.0. The highest BCUT2D eigenvalue weighted by Crippen LogP contribution is 2.35. The van der Waals surface area contributed by atoms with Crippen molar-refractivity contribution in [1.82, 2.24) is 0 Å². The summed E-state index contributed by atoms with van der Waals surface area (Å²) in [6, 6.07) is 25.5. The highest BCUT2D eigenvalue weighted by molar-refractivity contribution is 6.46. The van der Waals surface area contributed by atoms with Gasteiger partial charge in [0.2, 0.25) is 0 Å². The molecule has 6 heteroatoms. The Morgan fingerprint density at radius 3 is 2.28 bits per heavy atom. The highest BCUT2D eigenvalue weighted by atomic mass is 35.5. The van der Waals surface area contributed by atoms with Gasteiger partial charge in [0.1, 0.15) is 11.5 Å². The maximum atomic E-state index is 13.9. The molecule has 156 valence electrons. The van der Waals surface area contributed by atoms with Gasteiger partial charge in [-0.05, 0) is 47.3 Å². The first-order valence-electron chi connectivity index (χ1n) is 9.92. The summed E-state index contributed by atoms with van der Waals surface area (Å²) in [5, 5.41) is 5.59. The molecular weight excluding hydrogens is 427 g/mol. The molecule has 2 amide bonds. The van der Waals surface area contributed by atoms with Crippen LogP contribution in [0.25, 0.3) is 16.3 Å².